The molecule has 6 rings (SSSR count). The Morgan fingerprint density at radius 2 is 1.11 bits per heavy atom. The van der Waals surface area contributed by atoms with Gasteiger partial charge in [0.25, 0.3) is 0 Å². The van der Waals surface area contributed by atoms with E-state index in [1.165, 1.54) is 62.8 Å². The Morgan fingerprint density at radius 1 is 0.657 bits per heavy atom. The first-order valence-electron chi connectivity index (χ1n) is 12.7. The summed E-state index contributed by atoms with van der Waals surface area (Å²) >= 11 is 0. The summed E-state index contributed by atoms with van der Waals surface area (Å²) in [5.74, 6) is 0.367. The topological polar surface area (TPSA) is 38.7 Å². The zero-order chi connectivity index (χ0) is 23.7. The van der Waals surface area contributed by atoms with Gasteiger partial charge in [-0.1, -0.05) is 45.2 Å². The van der Waals surface area contributed by atoms with Crippen LogP contribution in [0, 0.1) is 23.5 Å². The number of aliphatic hydroxyl groups excluding tert-OH is 1. The monoisotopic (exact) mass is 490 g/mol. The fourth-order valence-electron chi connectivity index (χ4n) is 6.21. The van der Waals surface area contributed by atoms with Gasteiger partial charge in [0.2, 0.25) is 0 Å². The predicted octanol–water partition coefficient (Wildman–Crippen LogP) is 7.85. The van der Waals surface area contributed by atoms with Gasteiger partial charge in [-0.25, -0.2) is 13.2 Å². The lowest BCUT2D eigenvalue weighted by atomic mass is 9.87. The largest absolute Gasteiger partial charge is 0.386 e. The number of halogens is 3. The van der Waals surface area contributed by atoms with Crippen molar-refractivity contribution in [3.63, 3.8) is 0 Å². The highest BCUT2D eigenvalue weighted by molar-refractivity contribution is 5.35. The molecule has 6 heteroatoms. The summed E-state index contributed by atoms with van der Waals surface area (Å²) < 4.78 is 51.5. The van der Waals surface area contributed by atoms with E-state index >= 15 is 0 Å². The van der Waals surface area contributed by atoms with Crippen molar-refractivity contribution in [3.8, 4) is 0 Å². The Labute approximate surface area is 206 Å². The number of hydrogen-bond acceptors (Lipinski definition) is 3. The first-order valence-corrected chi connectivity index (χ1v) is 12.7. The van der Waals surface area contributed by atoms with Crippen LogP contribution in [0.25, 0.3) is 0 Å². The first-order chi connectivity index (χ1) is 16.5. The molecule has 2 aliphatic carbocycles. The van der Waals surface area contributed by atoms with Gasteiger partial charge in [0.05, 0.1) is 25.4 Å². The zero-order valence-corrected chi connectivity index (χ0v) is 19.4. The standard InChI is InChI=1S/C14H16F2O.C14H17FO2.CH4/c2*15-10-5-6-11-12(7-10)13(16)8-17-14(11)9-3-1-2-4-9;/h5-7,9,13-14H,1-4,8H2;5-7,9,13-14,16H,1-4,8H2;1H4. The fraction of sp³-hybridized carbons (Fsp3) is 0.586. The highest BCUT2D eigenvalue weighted by atomic mass is 19.1. The molecule has 2 saturated carbocycles. The van der Waals surface area contributed by atoms with Crippen LogP contribution >= 0.6 is 0 Å². The number of hydrogen-bond donors (Lipinski definition) is 1. The Bertz CT molecular complexity index is 906. The van der Waals surface area contributed by atoms with E-state index in [9.17, 15) is 18.3 Å². The number of ether oxygens (including phenoxy) is 2. The van der Waals surface area contributed by atoms with Crippen molar-refractivity contribution in [1.82, 2.24) is 0 Å². The molecule has 4 atom stereocenters. The van der Waals surface area contributed by atoms with Gasteiger partial charge in [0, 0.05) is 0 Å². The van der Waals surface area contributed by atoms with Gasteiger partial charge in [-0.2, -0.15) is 0 Å². The minimum atomic E-state index is -1.18. The Hall–Kier alpha value is -1.89. The summed E-state index contributed by atoms with van der Waals surface area (Å²) in [5, 5.41) is 9.85. The summed E-state index contributed by atoms with van der Waals surface area (Å²) in [6.45, 7) is 0.356. The number of aliphatic hydroxyl groups is 1. The lowest BCUT2D eigenvalue weighted by Gasteiger charge is -2.33. The van der Waals surface area contributed by atoms with Crippen LogP contribution in [0.15, 0.2) is 36.4 Å². The minimum absolute atomic E-state index is 0. The molecule has 0 saturated heterocycles. The van der Waals surface area contributed by atoms with Crippen molar-refractivity contribution in [1.29, 1.82) is 0 Å². The van der Waals surface area contributed by atoms with Crippen LogP contribution in [-0.2, 0) is 9.47 Å². The van der Waals surface area contributed by atoms with Crippen LogP contribution in [0.3, 0.4) is 0 Å². The molecule has 2 heterocycles. The number of rotatable bonds is 2. The number of fused-ring (bicyclic) bond motifs is 2. The van der Waals surface area contributed by atoms with Crippen molar-refractivity contribution in [2.75, 3.05) is 13.2 Å². The van der Waals surface area contributed by atoms with Crippen molar-refractivity contribution in [2.45, 2.75) is 83.3 Å². The second kappa shape index (κ2) is 11.4. The number of alkyl halides is 1. The molecule has 4 aliphatic rings. The third-order valence-electron chi connectivity index (χ3n) is 7.92. The van der Waals surface area contributed by atoms with Crippen molar-refractivity contribution in [2.24, 2.45) is 11.8 Å². The normalized spacial score (nSPS) is 28.5. The van der Waals surface area contributed by atoms with Crippen molar-refractivity contribution >= 4 is 0 Å². The van der Waals surface area contributed by atoms with Gasteiger partial charge in [0.15, 0.2) is 0 Å². The van der Waals surface area contributed by atoms with E-state index in [1.54, 1.807) is 12.1 Å². The van der Waals surface area contributed by atoms with Crippen LogP contribution in [0.2, 0.25) is 0 Å². The SMILES string of the molecule is C.Fc1ccc2c(c1)C(F)COC2C1CCCC1.OC1COC(C2CCCC2)c2ccc(F)cc21. The highest BCUT2D eigenvalue weighted by Gasteiger charge is 2.35. The third-order valence-corrected chi connectivity index (χ3v) is 7.92. The Morgan fingerprint density at radius 3 is 1.66 bits per heavy atom. The summed E-state index contributed by atoms with van der Waals surface area (Å²) in [6, 6.07) is 9.11. The van der Waals surface area contributed by atoms with Crippen molar-refractivity contribution < 1.29 is 27.8 Å². The van der Waals surface area contributed by atoms with Crippen LogP contribution in [-0.4, -0.2) is 18.3 Å². The van der Waals surface area contributed by atoms with Gasteiger partial charge in [-0.15, -0.1) is 0 Å². The molecule has 0 radical (unpaired) electrons. The van der Waals surface area contributed by atoms with E-state index < -0.39 is 12.3 Å². The lowest BCUT2D eigenvalue weighted by molar-refractivity contribution is -0.0547. The van der Waals surface area contributed by atoms with Gasteiger partial charge in [-0.05, 0) is 84.0 Å². The van der Waals surface area contributed by atoms with E-state index in [0.29, 0.717) is 23.0 Å². The molecule has 3 nitrogen and oxygen atoms in total. The average molecular weight is 491 g/mol. The molecule has 2 fully saturated rings. The average Bonchev–Trinajstić information content (AvgIpc) is 3.56. The highest BCUT2D eigenvalue weighted by Crippen LogP contribution is 2.45. The molecular formula is C29H37F3O3. The van der Waals surface area contributed by atoms with Gasteiger partial charge in [0.1, 0.15) is 23.9 Å². The lowest BCUT2D eigenvalue weighted by Crippen LogP contribution is -2.25. The number of benzene rings is 2. The summed E-state index contributed by atoms with van der Waals surface area (Å²) in [5.41, 5.74) is 3.05. The first kappa shape index (κ1) is 26.2. The molecule has 1 N–H and O–H groups in total. The van der Waals surface area contributed by atoms with Gasteiger partial charge in [-0.3, -0.25) is 0 Å². The maximum absolute atomic E-state index is 13.7. The van der Waals surface area contributed by atoms with Gasteiger partial charge < -0.3 is 14.6 Å². The molecule has 0 aromatic heterocycles. The van der Waals surface area contributed by atoms with E-state index in [-0.39, 0.29) is 44.5 Å². The predicted molar refractivity (Wildman–Crippen MR) is 130 cm³/mol. The van der Waals surface area contributed by atoms with E-state index in [2.05, 4.69) is 0 Å². The van der Waals surface area contributed by atoms with E-state index in [1.807, 2.05) is 0 Å². The fourth-order valence-corrected chi connectivity index (χ4v) is 6.21. The van der Waals surface area contributed by atoms with Crippen LogP contribution in [0.4, 0.5) is 13.2 Å². The maximum Gasteiger partial charge on any atom is 0.149 e. The van der Waals surface area contributed by atoms with Crippen LogP contribution in [0.5, 0.6) is 0 Å². The Kier molecular flexibility index (Phi) is 8.56. The van der Waals surface area contributed by atoms with Crippen molar-refractivity contribution in [3.05, 3.63) is 70.3 Å². The zero-order valence-electron chi connectivity index (χ0n) is 19.4. The van der Waals surface area contributed by atoms with Crippen LogP contribution in [0.1, 0.15) is 106 Å². The molecular weight excluding hydrogens is 453 g/mol. The summed E-state index contributed by atoms with van der Waals surface area (Å²) in [7, 11) is 0. The molecule has 2 aromatic carbocycles. The second-order valence-electron chi connectivity index (χ2n) is 10.1. The quantitative estimate of drug-likeness (QED) is 0.466. The summed E-state index contributed by atoms with van der Waals surface area (Å²) in [6.07, 6.45) is 7.74. The second-order valence-corrected chi connectivity index (χ2v) is 10.1. The minimum Gasteiger partial charge on any atom is -0.386 e. The maximum atomic E-state index is 13.7. The van der Waals surface area contributed by atoms with Crippen LogP contribution < -0.4 is 0 Å². The summed E-state index contributed by atoms with van der Waals surface area (Å²) in [4.78, 5) is 0. The Balaban J connectivity index is 0.000000160. The van der Waals surface area contributed by atoms with Gasteiger partial charge >= 0.3 is 0 Å². The molecule has 2 aromatic rings. The molecule has 0 amide bonds. The molecule has 0 spiro atoms. The molecule has 35 heavy (non-hydrogen) atoms. The molecule has 4 unspecified atom stereocenters. The van der Waals surface area contributed by atoms with E-state index in [4.69, 9.17) is 9.47 Å². The van der Waals surface area contributed by atoms with E-state index in [0.717, 1.165) is 24.0 Å². The third kappa shape index (κ3) is 5.60. The smallest absolute Gasteiger partial charge is 0.149 e. The molecule has 192 valence electrons. The molecule has 2 aliphatic heterocycles. The molecule has 0 bridgehead atoms.